The van der Waals surface area contributed by atoms with Crippen LogP contribution in [0.1, 0.15) is 13.8 Å². The van der Waals surface area contributed by atoms with Crippen molar-refractivity contribution >= 4 is 0 Å². The summed E-state index contributed by atoms with van der Waals surface area (Å²) in [6, 6.07) is -5.19. The average molecular weight is 252 g/mol. The predicted molar refractivity (Wildman–Crippen MR) is 38.8 cm³/mol. The van der Waals surface area contributed by atoms with Crippen molar-refractivity contribution in [2.45, 2.75) is 25.8 Å². The van der Waals surface area contributed by atoms with Crippen LogP contribution in [0.25, 0.3) is 0 Å². The molecule has 0 aliphatic carbocycles. The van der Waals surface area contributed by atoms with Crippen molar-refractivity contribution in [3.8, 4) is 0 Å². The Morgan fingerprint density at radius 3 is 1.88 bits per heavy atom. The van der Waals surface area contributed by atoms with Crippen molar-refractivity contribution in [3.05, 3.63) is 11.8 Å². The normalized spacial score (nSPS) is 31.5. The van der Waals surface area contributed by atoms with Crippen molar-refractivity contribution in [3.63, 3.8) is 0 Å². The van der Waals surface area contributed by atoms with E-state index in [9.17, 15) is 30.9 Å². The molecule has 0 saturated heterocycles. The standard InChI is InChI=1S/C7H7F7N2/c1-3(2)7(12)15(13)5(9)4(8)6(10,11)16(7)14/h3H,1-2H3. The largest absolute Gasteiger partial charge is 0.391 e. The van der Waals surface area contributed by atoms with Gasteiger partial charge in [-0.2, -0.15) is 22.0 Å². The molecule has 1 aliphatic rings. The fourth-order valence-corrected chi connectivity index (χ4v) is 1.16. The molecule has 0 aromatic heterocycles. The van der Waals surface area contributed by atoms with Crippen LogP contribution in [0.5, 0.6) is 0 Å². The van der Waals surface area contributed by atoms with Crippen LogP contribution in [0.2, 0.25) is 0 Å². The molecule has 1 unspecified atom stereocenters. The number of alkyl halides is 3. The van der Waals surface area contributed by atoms with Gasteiger partial charge < -0.3 is 0 Å². The van der Waals surface area contributed by atoms with E-state index in [1.807, 2.05) is 0 Å². The summed E-state index contributed by atoms with van der Waals surface area (Å²) in [4.78, 5) is 0. The summed E-state index contributed by atoms with van der Waals surface area (Å²) in [7, 11) is 0. The third kappa shape index (κ3) is 1.37. The van der Waals surface area contributed by atoms with Crippen LogP contribution < -0.4 is 0 Å². The minimum absolute atomic E-state index is 0.825. The molecular weight excluding hydrogens is 245 g/mol. The molecule has 94 valence electrons. The maximum Gasteiger partial charge on any atom is 0.391 e. The topological polar surface area (TPSA) is 6.48 Å². The summed E-state index contributed by atoms with van der Waals surface area (Å²) in [6.45, 7) is 1.65. The molecule has 0 amide bonds. The van der Waals surface area contributed by atoms with Gasteiger partial charge in [0, 0.05) is 5.92 Å². The summed E-state index contributed by atoms with van der Waals surface area (Å²) in [5, 5.41) is -3.62. The first-order chi connectivity index (χ1) is 7.07. The maximum absolute atomic E-state index is 13.6. The van der Waals surface area contributed by atoms with Gasteiger partial charge in [-0.3, -0.25) is 0 Å². The fraction of sp³-hybridized carbons (Fsp3) is 0.714. The lowest BCUT2D eigenvalue weighted by Crippen LogP contribution is -2.63. The Labute approximate surface area is 85.8 Å². The van der Waals surface area contributed by atoms with Gasteiger partial charge in [0.05, 0.1) is 0 Å². The van der Waals surface area contributed by atoms with Gasteiger partial charge in [-0.05, 0) is 5.12 Å². The molecular formula is C7H7F7N2. The minimum Gasteiger partial charge on any atom is -0.198 e. The first-order valence-corrected chi connectivity index (χ1v) is 4.12. The van der Waals surface area contributed by atoms with Crippen LogP contribution in [0.15, 0.2) is 11.8 Å². The Balaban J connectivity index is 3.39. The zero-order valence-electron chi connectivity index (χ0n) is 8.12. The summed E-state index contributed by atoms with van der Waals surface area (Å²) < 4.78 is 90.0. The second kappa shape index (κ2) is 3.51. The maximum atomic E-state index is 13.6. The Hall–Kier alpha value is -0.990. The van der Waals surface area contributed by atoms with Gasteiger partial charge in [-0.25, -0.2) is 0 Å². The highest BCUT2D eigenvalue weighted by atomic mass is 19.3. The van der Waals surface area contributed by atoms with E-state index in [0.29, 0.717) is 0 Å². The molecule has 1 atom stereocenters. The van der Waals surface area contributed by atoms with E-state index in [2.05, 4.69) is 0 Å². The van der Waals surface area contributed by atoms with Gasteiger partial charge in [-0.1, -0.05) is 18.3 Å². The summed E-state index contributed by atoms with van der Waals surface area (Å²) in [5.41, 5.74) is 0. The third-order valence-electron chi connectivity index (χ3n) is 2.15. The van der Waals surface area contributed by atoms with Crippen molar-refractivity contribution in [1.29, 1.82) is 0 Å². The Morgan fingerprint density at radius 2 is 1.50 bits per heavy atom. The van der Waals surface area contributed by atoms with Gasteiger partial charge in [0.15, 0.2) is 0 Å². The molecule has 0 aromatic rings. The highest BCUT2D eigenvalue weighted by Gasteiger charge is 2.67. The third-order valence-corrected chi connectivity index (χ3v) is 2.15. The van der Waals surface area contributed by atoms with Crippen LogP contribution in [0, 0.1) is 5.92 Å². The molecule has 0 aromatic carbocycles. The van der Waals surface area contributed by atoms with E-state index < -0.39 is 39.9 Å². The van der Waals surface area contributed by atoms with Crippen LogP contribution in [0.4, 0.5) is 30.9 Å². The summed E-state index contributed by atoms with van der Waals surface area (Å²) >= 11 is 0. The van der Waals surface area contributed by atoms with Crippen molar-refractivity contribution < 1.29 is 30.9 Å². The molecule has 0 bridgehead atoms. The van der Waals surface area contributed by atoms with E-state index in [1.54, 1.807) is 0 Å². The molecule has 0 fully saturated rings. The van der Waals surface area contributed by atoms with Crippen molar-refractivity contribution in [1.82, 2.24) is 10.2 Å². The highest BCUT2D eigenvalue weighted by molar-refractivity contribution is 5.13. The van der Waals surface area contributed by atoms with Gasteiger partial charge in [0.1, 0.15) is 0 Å². The molecule has 0 saturated carbocycles. The first kappa shape index (κ1) is 13.1. The number of halogens is 7. The van der Waals surface area contributed by atoms with Crippen LogP contribution in [-0.4, -0.2) is 22.2 Å². The van der Waals surface area contributed by atoms with Gasteiger partial charge in [0.25, 0.3) is 5.95 Å². The smallest absolute Gasteiger partial charge is 0.198 e. The van der Waals surface area contributed by atoms with Gasteiger partial charge >= 0.3 is 12.0 Å². The van der Waals surface area contributed by atoms with E-state index in [4.69, 9.17) is 0 Å². The van der Waals surface area contributed by atoms with E-state index in [1.165, 1.54) is 0 Å². The molecule has 1 rings (SSSR count). The zero-order valence-corrected chi connectivity index (χ0v) is 8.12. The predicted octanol–water partition coefficient (Wildman–Crippen LogP) is 3.35. The number of hydrogen-bond donors (Lipinski definition) is 0. The van der Waals surface area contributed by atoms with E-state index in [0.717, 1.165) is 13.8 Å². The monoisotopic (exact) mass is 252 g/mol. The lowest BCUT2D eigenvalue weighted by molar-refractivity contribution is -0.398. The average Bonchev–Trinajstić information content (AvgIpc) is 2.21. The molecule has 0 spiro atoms. The van der Waals surface area contributed by atoms with Gasteiger partial charge in [0.2, 0.25) is 5.83 Å². The molecule has 2 nitrogen and oxygen atoms in total. The van der Waals surface area contributed by atoms with Crippen LogP contribution in [0.3, 0.4) is 0 Å². The van der Waals surface area contributed by atoms with Crippen molar-refractivity contribution in [2.24, 2.45) is 5.92 Å². The number of nitrogens with zero attached hydrogens (tertiary/aromatic N) is 2. The Kier molecular flexibility index (Phi) is 2.86. The first-order valence-electron chi connectivity index (χ1n) is 4.12. The van der Waals surface area contributed by atoms with Crippen LogP contribution in [-0.2, 0) is 0 Å². The highest BCUT2D eigenvalue weighted by Crippen LogP contribution is 2.49. The second-order valence-electron chi connectivity index (χ2n) is 3.50. The van der Waals surface area contributed by atoms with Crippen molar-refractivity contribution in [2.75, 3.05) is 0 Å². The lowest BCUT2D eigenvalue weighted by atomic mass is 10.1. The molecule has 0 radical (unpaired) electrons. The molecule has 1 aliphatic heterocycles. The van der Waals surface area contributed by atoms with Gasteiger partial charge in [-0.15, -0.1) is 9.60 Å². The van der Waals surface area contributed by atoms with E-state index in [-0.39, 0.29) is 0 Å². The minimum atomic E-state index is -5.19. The summed E-state index contributed by atoms with van der Waals surface area (Å²) in [6.07, 6.45) is 0. The fourth-order valence-electron chi connectivity index (χ4n) is 1.16. The lowest BCUT2D eigenvalue weighted by Gasteiger charge is -2.42. The molecule has 9 heteroatoms. The molecule has 16 heavy (non-hydrogen) atoms. The number of rotatable bonds is 1. The Bertz CT molecular complexity index is 329. The summed E-state index contributed by atoms with van der Waals surface area (Å²) in [5.74, 6) is -11.6. The SMILES string of the molecule is CC(C)C1(F)N(F)C(F)=C(F)C(F)(F)N1F. The second-order valence-corrected chi connectivity index (χ2v) is 3.50. The Morgan fingerprint density at radius 1 is 1.06 bits per heavy atom. The zero-order chi connectivity index (χ0) is 12.9. The number of hydrogen-bond acceptors (Lipinski definition) is 2. The van der Waals surface area contributed by atoms with Crippen LogP contribution >= 0.6 is 0 Å². The quantitative estimate of drug-likeness (QED) is 0.401. The van der Waals surface area contributed by atoms with E-state index >= 15 is 0 Å². The molecule has 0 N–H and O–H groups in total. The molecule has 1 heterocycles.